The van der Waals surface area contributed by atoms with Crippen LogP contribution in [0.25, 0.3) is 10.8 Å². The number of pyridine rings is 1. The minimum atomic E-state index is -0.231. The average Bonchev–Trinajstić information content (AvgIpc) is 2.74. The molecule has 0 spiro atoms. The first-order valence-electron chi connectivity index (χ1n) is 6.00. The highest BCUT2D eigenvalue weighted by Gasteiger charge is 2.11. The van der Waals surface area contributed by atoms with Crippen LogP contribution in [0.2, 0.25) is 0 Å². The first-order chi connectivity index (χ1) is 9.56. The highest BCUT2D eigenvalue weighted by Crippen LogP contribution is 2.34. The van der Waals surface area contributed by atoms with Gasteiger partial charge in [0.2, 0.25) is 0 Å². The quantitative estimate of drug-likeness (QED) is 0.700. The smallest absolute Gasteiger partial charge is 0.343 e. The predicted molar refractivity (Wildman–Crippen MR) is 78.8 cm³/mol. The summed E-state index contributed by atoms with van der Waals surface area (Å²) >= 11 is 1.42. The Labute approximate surface area is 119 Å². The molecule has 0 saturated heterocycles. The van der Waals surface area contributed by atoms with E-state index in [1.165, 1.54) is 16.3 Å². The number of nitrogens with two attached hydrogens (primary N) is 1. The molecule has 0 unspecified atom stereocenters. The van der Waals surface area contributed by atoms with Crippen molar-refractivity contribution in [3.8, 4) is 0 Å². The molecule has 0 atom stereocenters. The van der Waals surface area contributed by atoms with Crippen LogP contribution in [-0.2, 0) is 7.05 Å². The Morgan fingerprint density at radius 3 is 2.85 bits per heavy atom. The normalized spacial score (nSPS) is 11.1. The molecule has 3 aromatic rings. The van der Waals surface area contributed by atoms with Crippen LogP contribution in [0.15, 0.2) is 39.2 Å². The van der Waals surface area contributed by atoms with Crippen LogP contribution in [0.1, 0.15) is 5.69 Å². The van der Waals surface area contributed by atoms with Gasteiger partial charge in [-0.25, -0.2) is 9.89 Å². The molecule has 0 fully saturated rings. The van der Waals surface area contributed by atoms with Gasteiger partial charge in [-0.1, -0.05) is 0 Å². The van der Waals surface area contributed by atoms with Gasteiger partial charge in [-0.3, -0.25) is 9.55 Å². The summed E-state index contributed by atoms with van der Waals surface area (Å²) in [6, 6.07) is 5.76. The van der Waals surface area contributed by atoms with Crippen molar-refractivity contribution >= 4 is 28.2 Å². The molecule has 0 bridgehead atoms. The molecule has 1 aromatic carbocycles. The fourth-order valence-electron chi connectivity index (χ4n) is 1.95. The molecular weight excluding hydrogens is 274 g/mol. The number of hydrogen-bond acceptors (Lipinski definition) is 5. The molecular formula is C13H13N5OS. The summed E-state index contributed by atoms with van der Waals surface area (Å²) in [6.45, 7) is 1.93. The van der Waals surface area contributed by atoms with E-state index in [-0.39, 0.29) is 5.69 Å². The number of H-pyrrole nitrogens is 1. The molecule has 2 aromatic heterocycles. The van der Waals surface area contributed by atoms with Gasteiger partial charge in [0.15, 0.2) is 5.16 Å². The first-order valence-corrected chi connectivity index (χ1v) is 6.82. The molecule has 3 N–H and O–H groups in total. The average molecular weight is 287 g/mol. The minimum Gasteiger partial charge on any atom is -0.398 e. The highest BCUT2D eigenvalue weighted by molar-refractivity contribution is 7.99. The van der Waals surface area contributed by atoms with E-state index in [1.807, 2.05) is 25.1 Å². The number of fused-ring (bicyclic) bond motifs is 1. The molecule has 20 heavy (non-hydrogen) atoms. The van der Waals surface area contributed by atoms with Crippen molar-refractivity contribution in [2.75, 3.05) is 5.73 Å². The van der Waals surface area contributed by atoms with Crippen LogP contribution in [0.5, 0.6) is 0 Å². The van der Waals surface area contributed by atoms with Gasteiger partial charge >= 0.3 is 5.69 Å². The summed E-state index contributed by atoms with van der Waals surface area (Å²) in [5, 5.41) is 8.95. The fourth-order valence-corrected chi connectivity index (χ4v) is 2.87. The number of aryl methyl sites for hydroxylation is 1. The molecule has 7 heteroatoms. The zero-order valence-electron chi connectivity index (χ0n) is 11.0. The molecule has 0 aliphatic rings. The summed E-state index contributed by atoms with van der Waals surface area (Å²) in [5.41, 5.74) is 7.35. The molecule has 2 heterocycles. The van der Waals surface area contributed by atoms with E-state index in [4.69, 9.17) is 5.73 Å². The van der Waals surface area contributed by atoms with Gasteiger partial charge in [0.1, 0.15) is 0 Å². The van der Waals surface area contributed by atoms with Crippen LogP contribution >= 0.6 is 11.8 Å². The fraction of sp³-hybridized carbons (Fsp3) is 0.154. The zero-order chi connectivity index (χ0) is 14.3. The Balaban J connectivity index is 2.16. The molecule has 0 radical (unpaired) electrons. The number of nitrogen functional groups attached to an aromatic ring is 1. The third-order valence-electron chi connectivity index (χ3n) is 3.07. The second-order valence-corrected chi connectivity index (χ2v) is 5.51. The van der Waals surface area contributed by atoms with Crippen molar-refractivity contribution in [2.45, 2.75) is 17.0 Å². The lowest BCUT2D eigenvalue weighted by molar-refractivity contribution is 0.766. The lowest BCUT2D eigenvalue weighted by atomic mass is 10.1. The number of benzene rings is 1. The van der Waals surface area contributed by atoms with Crippen molar-refractivity contribution in [2.24, 2.45) is 7.05 Å². The lowest BCUT2D eigenvalue weighted by Gasteiger charge is -2.08. The van der Waals surface area contributed by atoms with E-state index in [0.717, 1.165) is 21.4 Å². The third-order valence-corrected chi connectivity index (χ3v) is 4.20. The third kappa shape index (κ3) is 2.05. The predicted octanol–water partition coefficient (Wildman–Crippen LogP) is 1.70. The highest BCUT2D eigenvalue weighted by atomic mass is 32.2. The monoisotopic (exact) mass is 287 g/mol. The summed E-state index contributed by atoms with van der Waals surface area (Å²) in [4.78, 5) is 16.7. The standard InChI is InChI=1S/C13H13N5OS/c1-7-5-8-9(6-15-7)10(14)3-4-11(8)20-13-17-16-12(19)18(13)2/h3-6H,14H2,1-2H3,(H,16,19). The Kier molecular flexibility index (Phi) is 2.98. The van der Waals surface area contributed by atoms with Crippen molar-refractivity contribution in [1.29, 1.82) is 0 Å². The SMILES string of the molecule is Cc1cc2c(Sc3n[nH]c(=O)n3C)ccc(N)c2cn1. The Morgan fingerprint density at radius 2 is 2.15 bits per heavy atom. The molecule has 0 saturated carbocycles. The van der Waals surface area contributed by atoms with Gasteiger partial charge in [-0.2, -0.15) is 0 Å². The van der Waals surface area contributed by atoms with Gasteiger partial charge in [0.05, 0.1) is 0 Å². The van der Waals surface area contributed by atoms with Gasteiger partial charge in [0, 0.05) is 40.3 Å². The molecule has 0 aliphatic carbocycles. The summed E-state index contributed by atoms with van der Waals surface area (Å²) in [5.74, 6) is 0. The molecule has 102 valence electrons. The van der Waals surface area contributed by atoms with E-state index in [9.17, 15) is 4.79 Å². The maximum Gasteiger partial charge on any atom is 0.343 e. The summed E-state index contributed by atoms with van der Waals surface area (Å²) in [6.07, 6.45) is 1.77. The maximum atomic E-state index is 11.4. The topological polar surface area (TPSA) is 89.6 Å². The van der Waals surface area contributed by atoms with Crippen LogP contribution in [0.4, 0.5) is 5.69 Å². The number of hydrogen-bond donors (Lipinski definition) is 2. The minimum absolute atomic E-state index is 0.231. The number of nitrogens with one attached hydrogen (secondary N) is 1. The van der Waals surface area contributed by atoms with E-state index in [0.29, 0.717) is 10.8 Å². The Hall–Kier alpha value is -2.28. The van der Waals surface area contributed by atoms with Crippen LogP contribution in [0, 0.1) is 6.92 Å². The number of rotatable bonds is 2. The summed E-state index contributed by atoms with van der Waals surface area (Å²) in [7, 11) is 1.68. The van der Waals surface area contributed by atoms with Crippen molar-refractivity contribution < 1.29 is 0 Å². The van der Waals surface area contributed by atoms with E-state index in [2.05, 4.69) is 15.2 Å². The lowest BCUT2D eigenvalue weighted by Crippen LogP contribution is -2.12. The van der Waals surface area contributed by atoms with Gasteiger partial charge in [-0.05, 0) is 36.9 Å². The molecule has 6 nitrogen and oxygen atoms in total. The zero-order valence-corrected chi connectivity index (χ0v) is 11.9. The maximum absolute atomic E-state index is 11.4. The molecule has 0 amide bonds. The number of anilines is 1. The summed E-state index contributed by atoms with van der Waals surface area (Å²) < 4.78 is 1.47. The van der Waals surface area contributed by atoms with Gasteiger partial charge in [0.25, 0.3) is 0 Å². The van der Waals surface area contributed by atoms with E-state index >= 15 is 0 Å². The van der Waals surface area contributed by atoms with E-state index < -0.39 is 0 Å². The van der Waals surface area contributed by atoms with E-state index in [1.54, 1.807) is 13.2 Å². The number of aromatic nitrogens is 4. The molecule has 0 aliphatic heterocycles. The Morgan fingerprint density at radius 1 is 1.35 bits per heavy atom. The van der Waals surface area contributed by atoms with Crippen molar-refractivity contribution in [1.82, 2.24) is 19.7 Å². The second kappa shape index (κ2) is 4.68. The van der Waals surface area contributed by atoms with Crippen LogP contribution < -0.4 is 11.4 Å². The Bertz CT molecular complexity index is 852. The number of nitrogens with zero attached hydrogens (tertiary/aromatic N) is 3. The van der Waals surface area contributed by atoms with Crippen LogP contribution in [-0.4, -0.2) is 19.7 Å². The second-order valence-electron chi connectivity index (χ2n) is 4.50. The van der Waals surface area contributed by atoms with Crippen LogP contribution in [0.3, 0.4) is 0 Å². The van der Waals surface area contributed by atoms with Crippen molar-refractivity contribution in [3.63, 3.8) is 0 Å². The number of aromatic amines is 1. The van der Waals surface area contributed by atoms with Gasteiger partial charge < -0.3 is 5.73 Å². The molecule has 3 rings (SSSR count). The van der Waals surface area contributed by atoms with Crippen molar-refractivity contribution in [3.05, 3.63) is 40.6 Å². The largest absolute Gasteiger partial charge is 0.398 e. The first kappa shape index (κ1) is 12.7. The van der Waals surface area contributed by atoms with Gasteiger partial charge in [-0.15, -0.1) is 5.10 Å².